The van der Waals surface area contributed by atoms with E-state index in [0.717, 1.165) is 58.2 Å². The van der Waals surface area contributed by atoms with Crippen LogP contribution in [0.15, 0.2) is 11.4 Å². The van der Waals surface area contributed by atoms with Crippen molar-refractivity contribution in [3.05, 3.63) is 21.9 Å². The predicted octanol–water partition coefficient (Wildman–Crippen LogP) is 2.31. The molecule has 2 atom stereocenters. The number of piperidine rings is 1. The normalized spacial score (nSPS) is 24.8. The number of carbonyl (C=O) groups is 2. The quantitative estimate of drug-likeness (QED) is 0.830. The van der Waals surface area contributed by atoms with Gasteiger partial charge in [-0.3, -0.25) is 9.59 Å². The highest BCUT2D eigenvalue weighted by Gasteiger charge is 2.57. The van der Waals surface area contributed by atoms with E-state index in [1.807, 2.05) is 4.90 Å². The lowest BCUT2D eigenvalue weighted by Crippen LogP contribution is -2.50. The molecule has 1 aliphatic carbocycles. The Labute approximate surface area is 159 Å². The second kappa shape index (κ2) is 7.31. The summed E-state index contributed by atoms with van der Waals surface area (Å²) in [6.07, 6.45) is 5.72. The molecule has 1 saturated heterocycles. The Balaban J connectivity index is 1.38. The number of hydrogen-bond acceptors (Lipinski definition) is 4. The highest BCUT2D eigenvalue weighted by Crippen LogP contribution is 2.58. The molecule has 3 aliphatic rings. The van der Waals surface area contributed by atoms with Crippen LogP contribution in [0.2, 0.25) is 0 Å². The molecule has 2 N–H and O–H groups in total. The van der Waals surface area contributed by atoms with Crippen molar-refractivity contribution in [3.63, 3.8) is 0 Å². The van der Waals surface area contributed by atoms with Crippen molar-refractivity contribution < 1.29 is 9.59 Å². The largest absolute Gasteiger partial charge is 0.344 e. The Morgan fingerprint density at radius 3 is 3.00 bits per heavy atom. The lowest BCUT2D eigenvalue weighted by Gasteiger charge is -2.31. The van der Waals surface area contributed by atoms with E-state index in [9.17, 15) is 9.59 Å². The fraction of sp³-hybridized carbons (Fsp3) is 0.700. The first-order valence-electron chi connectivity index (χ1n) is 9.98. The lowest BCUT2D eigenvalue weighted by atomic mass is 9.91. The fourth-order valence-electron chi connectivity index (χ4n) is 4.67. The van der Waals surface area contributed by atoms with E-state index in [-0.39, 0.29) is 29.2 Å². The third kappa shape index (κ3) is 3.41. The first-order valence-corrected chi connectivity index (χ1v) is 10.9. The first-order chi connectivity index (χ1) is 12.6. The van der Waals surface area contributed by atoms with Crippen LogP contribution in [0, 0.1) is 11.3 Å². The molecule has 6 heteroatoms. The maximum atomic E-state index is 13.1. The molecule has 2 amide bonds. The molecule has 1 saturated carbocycles. The minimum Gasteiger partial charge on any atom is -0.344 e. The first kappa shape index (κ1) is 18.0. The molecule has 0 aromatic carbocycles. The molecular weight excluding hydrogens is 346 g/mol. The third-order valence-electron chi connectivity index (χ3n) is 6.42. The van der Waals surface area contributed by atoms with Crippen LogP contribution >= 0.6 is 11.3 Å². The molecule has 142 valence electrons. The van der Waals surface area contributed by atoms with Gasteiger partial charge in [0, 0.05) is 23.9 Å². The number of amides is 2. The summed E-state index contributed by atoms with van der Waals surface area (Å²) >= 11 is 1.78. The molecule has 1 aromatic heterocycles. The summed E-state index contributed by atoms with van der Waals surface area (Å²) in [6.45, 7) is 5.55. The van der Waals surface area contributed by atoms with Crippen molar-refractivity contribution >= 4 is 23.2 Å². The van der Waals surface area contributed by atoms with E-state index < -0.39 is 0 Å². The predicted molar refractivity (Wildman–Crippen MR) is 103 cm³/mol. The van der Waals surface area contributed by atoms with E-state index in [0.29, 0.717) is 6.54 Å². The molecule has 5 nitrogen and oxygen atoms in total. The number of thiophene rings is 1. The zero-order chi connectivity index (χ0) is 18.1. The topological polar surface area (TPSA) is 61.4 Å². The summed E-state index contributed by atoms with van der Waals surface area (Å²) in [5.41, 5.74) is 1.48. The second-order valence-electron chi connectivity index (χ2n) is 8.10. The van der Waals surface area contributed by atoms with Crippen molar-refractivity contribution in [2.75, 3.05) is 19.6 Å². The van der Waals surface area contributed by atoms with Crippen LogP contribution in [0.3, 0.4) is 0 Å². The van der Waals surface area contributed by atoms with Crippen LogP contribution in [0.4, 0.5) is 0 Å². The zero-order valence-corrected chi connectivity index (χ0v) is 16.4. The van der Waals surface area contributed by atoms with E-state index >= 15 is 0 Å². The van der Waals surface area contributed by atoms with Crippen molar-refractivity contribution in [1.82, 2.24) is 15.5 Å². The Kier molecular flexibility index (Phi) is 5.06. The molecule has 1 aromatic rings. The van der Waals surface area contributed by atoms with Gasteiger partial charge >= 0.3 is 0 Å². The summed E-state index contributed by atoms with van der Waals surface area (Å²) in [7, 11) is 0. The van der Waals surface area contributed by atoms with Gasteiger partial charge in [0.25, 0.3) is 0 Å². The average Bonchev–Trinajstić information content (AvgIpc) is 3.14. The molecule has 4 rings (SSSR count). The van der Waals surface area contributed by atoms with Crippen molar-refractivity contribution in [1.29, 1.82) is 0 Å². The molecule has 0 radical (unpaired) electrons. The van der Waals surface area contributed by atoms with E-state index in [1.165, 1.54) is 10.4 Å². The highest BCUT2D eigenvalue weighted by atomic mass is 32.1. The zero-order valence-electron chi connectivity index (χ0n) is 15.6. The maximum Gasteiger partial charge on any atom is 0.245 e. The molecule has 3 heterocycles. The summed E-state index contributed by atoms with van der Waals surface area (Å²) in [6, 6.07) is 1.75. The van der Waals surface area contributed by atoms with Crippen LogP contribution in [-0.4, -0.2) is 42.4 Å². The Morgan fingerprint density at radius 1 is 1.42 bits per heavy atom. The summed E-state index contributed by atoms with van der Waals surface area (Å²) in [4.78, 5) is 29.2. The van der Waals surface area contributed by atoms with Gasteiger partial charge in [-0.25, -0.2) is 0 Å². The van der Waals surface area contributed by atoms with E-state index in [4.69, 9.17) is 0 Å². The second-order valence-corrected chi connectivity index (χ2v) is 9.10. The van der Waals surface area contributed by atoms with E-state index in [1.54, 1.807) is 11.3 Å². The van der Waals surface area contributed by atoms with Crippen LogP contribution in [0.5, 0.6) is 0 Å². The highest BCUT2D eigenvalue weighted by molar-refractivity contribution is 7.10. The summed E-state index contributed by atoms with van der Waals surface area (Å²) < 4.78 is 0. The molecule has 26 heavy (non-hydrogen) atoms. The Bertz CT molecular complexity index is 680. The summed E-state index contributed by atoms with van der Waals surface area (Å²) in [5, 5.41) is 8.60. The molecule has 0 bridgehead atoms. The van der Waals surface area contributed by atoms with Gasteiger partial charge in [0.05, 0.1) is 0 Å². The van der Waals surface area contributed by atoms with E-state index in [2.05, 4.69) is 29.0 Å². The lowest BCUT2D eigenvalue weighted by molar-refractivity contribution is -0.138. The summed E-state index contributed by atoms with van der Waals surface area (Å²) in [5.74, 6) is 0.311. The van der Waals surface area contributed by atoms with Crippen LogP contribution < -0.4 is 10.6 Å². The molecule has 1 spiro atoms. The Morgan fingerprint density at radius 2 is 2.23 bits per heavy atom. The van der Waals surface area contributed by atoms with Crippen LogP contribution in [0.25, 0.3) is 0 Å². The van der Waals surface area contributed by atoms with Gasteiger partial charge < -0.3 is 15.5 Å². The van der Waals surface area contributed by atoms with Gasteiger partial charge in [-0.15, -0.1) is 11.3 Å². The van der Waals surface area contributed by atoms with Gasteiger partial charge in [0.1, 0.15) is 6.04 Å². The Hall–Kier alpha value is -1.40. The number of nitrogens with one attached hydrogen (secondary N) is 2. The fourth-order valence-corrected chi connectivity index (χ4v) is 5.56. The van der Waals surface area contributed by atoms with Crippen LogP contribution in [-0.2, 0) is 22.6 Å². The third-order valence-corrected chi connectivity index (χ3v) is 7.44. The van der Waals surface area contributed by atoms with Gasteiger partial charge in [-0.05, 0) is 67.6 Å². The number of rotatable bonds is 5. The molecular formula is C20H29N3O2S. The number of carbonyl (C=O) groups excluding carboxylic acids is 2. The van der Waals surface area contributed by atoms with Crippen molar-refractivity contribution in [2.45, 2.75) is 58.0 Å². The van der Waals surface area contributed by atoms with Crippen molar-refractivity contribution in [2.24, 2.45) is 11.3 Å². The minimum atomic E-state index is -0.368. The van der Waals surface area contributed by atoms with Gasteiger partial charge in [-0.1, -0.05) is 13.3 Å². The standard InChI is InChI=1S/C20H29N3O2S/c1-2-3-16(19(25)23-10-4-17-14(13-23)5-11-26-17)22-18(24)15-12-20(15)6-8-21-9-7-20/h5,11,15-16,21H,2-4,6-10,12-13H2,1H3,(H,22,24). The number of fused-ring (bicyclic) bond motifs is 1. The monoisotopic (exact) mass is 375 g/mol. The molecule has 2 fully saturated rings. The average molecular weight is 376 g/mol. The molecule has 2 aliphatic heterocycles. The van der Waals surface area contributed by atoms with Crippen LogP contribution in [0.1, 0.15) is 49.5 Å². The SMILES string of the molecule is CCCC(NC(=O)C1CC12CCNCC2)C(=O)N1CCc2sccc2C1. The number of hydrogen-bond donors (Lipinski definition) is 2. The minimum absolute atomic E-state index is 0.0945. The van der Waals surface area contributed by atoms with Gasteiger partial charge in [-0.2, -0.15) is 0 Å². The van der Waals surface area contributed by atoms with Gasteiger partial charge in [0.15, 0.2) is 0 Å². The molecule has 2 unspecified atom stereocenters. The number of nitrogens with zero attached hydrogens (tertiary/aromatic N) is 1. The maximum absolute atomic E-state index is 13.1. The van der Waals surface area contributed by atoms with Gasteiger partial charge in [0.2, 0.25) is 11.8 Å². The van der Waals surface area contributed by atoms with Crippen molar-refractivity contribution in [3.8, 4) is 0 Å². The smallest absolute Gasteiger partial charge is 0.245 e.